The van der Waals surface area contributed by atoms with Crippen molar-refractivity contribution in [1.29, 1.82) is 0 Å². The average molecular weight is 196 g/mol. The summed E-state index contributed by atoms with van der Waals surface area (Å²) in [7, 11) is 0. The Hall–Kier alpha value is -1.05. The number of hydrogen-bond acceptors (Lipinski definition) is 1. The lowest BCUT2D eigenvalue weighted by Gasteiger charge is -2.30. The summed E-state index contributed by atoms with van der Waals surface area (Å²) in [4.78, 5) is 10.7. The summed E-state index contributed by atoms with van der Waals surface area (Å²) in [6, 6.07) is 0. The largest absolute Gasteiger partial charge is 0.481 e. The summed E-state index contributed by atoms with van der Waals surface area (Å²) in [5, 5.41) is 8.83. The van der Waals surface area contributed by atoms with E-state index in [1.807, 2.05) is 33.8 Å². The fraction of sp³-hybridized carbons (Fsp3) is 0.583. The van der Waals surface area contributed by atoms with E-state index in [1.54, 1.807) is 6.08 Å². The Bertz CT molecular complexity index is 244. The van der Waals surface area contributed by atoms with Crippen molar-refractivity contribution in [2.45, 2.75) is 34.1 Å². The molecule has 0 aromatic carbocycles. The van der Waals surface area contributed by atoms with Gasteiger partial charge >= 0.3 is 5.97 Å². The zero-order chi connectivity index (χ0) is 11.4. The molecule has 1 N–H and O–H groups in total. The van der Waals surface area contributed by atoms with Crippen molar-refractivity contribution in [3.05, 3.63) is 24.3 Å². The monoisotopic (exact) mass is 196 g/mol. The van der Waals surface area contributed by atoms with Crippen molar-refractivity contribution >= 4 is 5.97 Å². The van der Waals surface area contributed by atoms with Crippen LogP contribution in [0.4, 0.5) is 0 Å². The van der Waals surface area contributed by atoms with E-state index >= 15 is 0 Å². The number of allylic oxidation sites excluding steroid dienone is 3. The van der Waals surface area contributed by atoms with E-state index in [2.05, 4.69) is 6.58 Å². The van der Waals surface area contributed by atoms with Gasteiger partial charge in [0, 0.05) is 0 Å². The summed E-state index contributed by atoms with van der Waals surface area (Å²) in [6.45, 7) is 11.8. The number of carboxylic acid groups (broad SMARTS) is 1. The summed E-state index contributed by atoms with van der Waals surface area (Å²) in [5.41, 5.74) is 0.967. The van der Waals surface area contributed by atoms with Crippen LogP contribution in [-0.4, -0.2) is 11.1 Å². The van der Waals surface area contributed by atoms with Crippen LogP contribution in [0.5, 0.6) is 0 Å². The van der Waals surface area contributed by atoms with Crippen molar-refractivity contribution in [2.75, 3.05) is 0 Å². The normalized spacial score (nSPS) is 15.0. The number of carbonyl (C=O) groups is 1. The third-order valence-electron chi connectivity index (χ3n) is 2.40. The third-order valence-corrected chi connectivity index (χ3v) is 2.40. The van der Waals surface area contributed by atoms with Gasteiger partial charge in [0.2, 0.25) is 0 Å². The van der Waals surface area contributed by atoms with Gasteiger partial charge in [-0.3, -0.25) is 4.79 Å². The van der Waals surface area contributed by atoms with Crippen molar-refractivity contribution < 1.29 is 9.90 Å². The molecule has 0 saturated carbocycles. The Morgan fingerprint density at radius 3 is 2.21 bits per heavy atom. The first-order valence-electron chi connectivity index (χ1n) is 4.83. The van der Waals surface area contributed by atoms with Crippen LogP contribution in [0, 0.1) is 11.3 Å². The van der Waals surface area contributed by atoms with Gasteiger partial charge in [-0.2, -0.15) is 0 Å². The first kappa shape index (κ1) is 12.9. The lowest BCUT2D eigenvalue weighted by Crippen LogP contribution is -2.24. The molecule has 0 radical (unpaired) electrons. The second kappa shape index (κ2) is 4.99. The smallest absolute Gasteiger partial charge is 0.303 e. The molecule has 0 aromatic heterocycles. The van der Waals surface area contributed by atoms with Gasteiger partial charge in [0.1, 0.15) is 0 Å². The maximum Gasteiger partial charge on any atom is 0.303 e. The Kier molecular flexibility index (Phi) is 4.61. The Balaban J connectivity index is 4.90. The highest BCUT2D eigenvalue weighted by atomic mass is 16.4. The molecule has 80 valence electrons. The minimum atomic E-state index is -0.758. The van der Waals surface area contributed by atoms with Gasteiger partial charge < -0.3 is 5.11 Å². The molecule has 0 aromatic rings. The standard InChI is InChI=1S/C12H20O2/c1-6-9(7-2)10(8-11(13)14)12(3,4)5/h6-7,10H,1,8H2,2-5H3,(H,13,14)/b9-7+. The number of rotatable bonds is 4. The Morgan fingerprint density at radius 2 is 2.00 bits per heavy atom. The molecule has 14 heavy (non-hydrogen) atoms. The van der Waals surface area contributed by atoms with Crippen LogP contribution in [0.1, 0.15) is 34.1 Å². The molecule has 1 unspecified atom stereocenters. The van der Waals surface area contributed by atoms with Crippen molar-refractivity contribution in [3.63, 3.8) is 0 Å². The van der Waals surface area contributed by atoms with Crippen molar-refractivity contribution in [3.8, 4) is 0 Å². The van der Waals surface area contributed by atoms with Gasteiger partial charge in [-0.25, -0.2) is 0 Å². The van der Waals surface area contributed by atoms with Crippen LogP contribution in [0.25, 0.3) is 0 Å². The van der Waals surface area contributed by atoms with Crippen LogP contribution in [0.2, 0.25) is 0 Å². The molecular weight excluding hydrogens is 176 g/mol. The highest BCUT2D eigenvalue weighted by molar-refractivity contribution is 5.68. The molecule has 2 nitrogen and oxygen atoms in total. The molecule has 1 atom stereocenters. The highest BCUT2D eigenvalue weighted by Crippen LogP contribution is 2.35. The maximum atomic E-state index is 10.7. The Morgan fingerprint density at radius 1 is 1.50 bits per heavy atom. The fourth-order valence-electron chi connectivity index (χ4n) is 1.56. The summed E-state index contributed by atoms with van der Waals surface area (Å²) in [6.07, 6.45) is 3.85. The van der Waals surface area contributed by atoms with Gasteiger partial charge in [0.15, 0.2) is 0 Å². The van der Waals surface area contributed by atoms with E-state index in [0.29, 0.717) is 0 Å². The third kappa shape index (κ3) is 3.77. The predicted molar refractivity (Wildman–Crippen MR) is 59.2 cm³/mol. The highest BCUT2D eigenvalue weighted by Gasteiger charge is 2.28. The molecule has 0 fully saturated rings. The van der Waals surface area contributed by atoms with Gasteiger partial charge in [-0.15, -0.1) is 0 Å². The van der Waals surface area contributed by atoms with Crippen LogP contribution in [0.3, 0.4) is 0 Å². The fourth-order valence-corrected chi connectivity index (χ4v) is 1.56. The molecule has 0 amide bonds. The van der Waals surface area contributed by atoms with E-state index in [9.17, 15) is 4.79 Å². The van der Waals surface area contributed by atoms with E-state index < -0.39 is 5.97 Å². The van der Waals surface area contributed by atoms with Gasteiger partial charge in [0.05, 0.1) is 6.42 Å². The SMILES string of the molecule is C=C/C(=C\C)C(CC(=O)O)C(C)(C)C. The lowest BCUT2D eigenvalue weighted by atomic mass is 9.74. The molecule has 0 aliphatic carbocycles. The van der Waals surface area contributed by atoms with Crippen LogP contribution in [0.15, 0.2) is 24.3 Å². The number of aliphatic carboxylic acids is 1. The maximum absolute atomic E-state index is 10.7. The minimum Gasteiger partial charge on any atom is -0.481 e. The molecule has 0 aliphatic rings. The summed E-state index contributed by atoms with van der Waals surface area (Å²) >= 11 is 0. The first-order chi connectivity index (χ1) is 6.32. The van der Waals surface area contributed by atoms with Crippen LogP contribution >= 0.6 is 0 Å². The molecule has 0 bridgehead atoms. The molecule has 0 spiro atoms. The van der Waals surface area contributed by atoms with Crippen LogP contribution < -0.4 is 0 Å². The van der Waals surface area contributed by atoms with E-state index in [4.69, 9.17) is 5.11 Å². The molecule has 0 heterocycles. The van der Waals surface area contributed by atoms with Gasteiger partial charge in [-0.1, -0.05) is 39.5 Å². The topological polar surface area (TPSA) is 37.3 Å². The van der Waals surface area contributed by atoms with Gasteiger partial charge in [-0.05, 0) is 23.8 Å². The second-order valence-corrected chi connectivity index (χ2v) is 4.51. The first-order valence-corrected chi connectivity index (χ1v) is 4.83. The van der Waals surface area contributed by atoms with E-state index in [1.165, 1.54) is 0 Å². The molecular formula is C12H20O2. The zero-order valence-corrected chi connectivity index (χ0v) is 9.50. The minimum absolute atomic E-state index is 0.0301. The number of carboxylic acids is 1. The second-order valence-electron chi connectivity index (χ2n) is 4.51. The molecule has 0 saturated heterocycles. The van der Waals surface area contributed by atoms with Crippen molar-refractivity contribution in [2.24, 2.45) is 11.3 Å². The van der Waals surface area contributed by atoms with Crippen molar-refractivity contribution in [1.82, 2.24) is 0 Å². The quantitative estimate of drug-likeness (QED) is 0.701. The number of hydrogen-bond donors (Lipinski definition) is 1. The average Bonchev–Trinajstić information content (AvgIpc) is 2.02. The summed E-state index contributed by atoms with van der Waals surface area (Å²) < 4.78 is 0. The predicted octanol–water partition coefficient (Wildman–Crippen LogP) is 3.26. The van der Waals surface area contributed by atoms with Crippen LogP contribution in [-0.2, 0) is 4.79 Å². The molecule has 0 aliphatic heterocycles. The Labute approximate surface area is 86.3 Å². The summed E-state index contributed by atoms with van der Waals surface area (Å²) in [5.74, 6) is -0.728. The van der Waals surface area contributed by atoms with Gasteiger partial charge in [0.25, 0.3) is 0 Å². The lowest BCUT2D eigenvalue weighted by molar-refractivity contribution is -0.138. The van der Waals surface area contributed by atoms with E-state index in [0.717, 1.165) is 5.57 Å². The zero-order valence-electron chi connectivity index (χ0n) is 9.50. The molecule has 2 heteroatoms. The van der Waals surface area contributed by atoms with E-state index in [-0.39, 0.29) is 17.8 Å². The molecule has 0 rings (SSSR count).